The minimum atomic E-state index is -0.833. The van der Waals surface area contributed by atoms with E-state index in [1.54, 1.807) is 12.2 Å². The van der Waals surface area contributed by atoms with Crippen LogP contribution in [0.25, 0.3) is 0 Å². The van der Waals surface area contributed by atoms with Crippen LogP contribution in [0.5, 0.6) is 0 Å². The van der Waals surface area contributed by atoms with Gasteiger partial charge in [-0.15, -0.1) is 0 Å². The minimum Gasteiger partial charge on any atom is -0.481 e. The van der Waals surface area contributed by atoms with E-state index in [-0.39, 0.29) is 6.61 Å². The highest BCUT2D eigenvalue weighted by Gasteiger charge is 1.99. The molecule has 24 heavy (non-hydrogen) atoms. The lowest BCUT2D eigenvalue weighted by atomic mass is 10.1. The van der Waals surface area contributed by atoms with Crippen LogP contribution in [-0.4, -0.2) is 45.1 Å². The molecular formula is C18H26O6. The molecule has 6 heteroatoms. The van der Waals surface area contributed by atoms with Crippen molar-refractivity contribution in [3.05, 3.63) is 24.3 Å². The zero-order valence-corrected chi connectivity index (χ0v) is 14.3. The molecule has 0 aromatic rings. The number of rotatable bonds is 5. The fourth-order valence-corrected chi connectivity index (χ4v) is 0.963. The predicted molar refractivity (Wildman–Crippen MR) is 93.1 cm³/mol. The zero-order valence-electron chi connectivity index (χ0n) is 14.3. The average Bonchev–Trinajstić information content (AvgIpc) is 2.44. The van der Waals surface area contributed by atoms with Gasteiger partial charge in [0.2, 0.25) is 0 Å². The number of aliphatic hydroxyl groups is 2. The summed E-state index contributed by atoms with van der Waals surface area (Å²) in [7, 11) is 0. The molecular weight excluding hydrogens is 312 g/mol. The second kappa shape index (κ2) is 22.7. The second-order valence-corrected chi connectivity index (χ2v) is 4.22. The number of aliphatic hydroxyl groups excluding tert-OH is 2. The van der Waals surface area contributed by atoms with Crippen molar-refractivity contribution in [3.8, 4) is 23.7 Å². The summed E-state index contributed by atoms with van der Waals surface area (Å²) in [6.45, 7) is 4.10. The lowest BCUT2D eigenvalue weighted by molar-refractivity contribution is -0.135. The van der Waals surface area contributed by atoms with Crippen molar-refractivity contribution >= 4 is 11.9 Å². The maximum absolute atomic E-state index is 9.29. The number of aliphatic carboxylic acids is 2. The molecule has 0 bridgehead atoms. The summed E-state index contributed by atoms with van der Waals surface area (Å²) in [5.74, 6) is 9.23. The Bertz CT molecular complexity index is 477. The predicted octanol–water partition coefficient (Wildman–Crippen LogP) is 1.83. The van der Waals surface area contributed by atoms with Gasteiger partial charge in [-0.3, -0.25) is 9.59 Å². The van der Waals surface area contributed by atoms with Gasteiger partial charge in [0, 0.05) is 20.5 Å². The molecule has 1 atom stereocenters. The molecule has 0 radical (unpaired) electrons. The van der Waals surface area contributed by atoms with E-state index in [2.05, 4.69) is 23.7 Å². The highest BCUT2D eigenvalue weighted by Crippen LogP contribution is 2.01. The smallest absolute Gasteiger partial charge is 0.300 e. The van der Waals surface area contributed by atoms with E-state index in [9.17, 15) is 5.11 Å². The first-order valence-electron chi connectivity index (χ1n) is 7.23. The van der Waals surface area contributed by atoms with Crippen LogP contribution < -0.4 is 0 Å². The third kappa shape index (κ3) is 50.5. The standard InChI is InChI=1S/C14H18O2.2C2H4O2/c1-2-3-4-5-6-7-8-9-10-11-14(16)12-13-15;2*1-2(3)4/h2-3,8-9,14-16H,10-13H2,1H3;2*1H3,(H,3,4). The molecule has 0 aliphatic rings. The molecule has 0 heterocycles. The molecule has 0 amide bonds. The van der Waals surface area contributed by atoms with Gasteiger partial charge in [-0.2, -0.15) is 0 Å². The lowest BCUT2D eigenvalue weighted by Gasteiger charge is -2.04. The van der Waals surface area contributed by atoms with Gasteiger partial charge in [0.05, 0.1) is 6.10 Å². The van der Waals surface area contributed by atoms with Crippen LogP contribution in [-0.2, 0) is 9.59 Å². The Kier molecular flexibility index (Phi) is 25.0. The topological polar surface area (TPSA) is 115 Å². The van der Waals surface area contributed by atoms with Crippen LogP contribution in [0.3, 0.4) is 0 Å². The van der Waals surface area contributed by atoms with Crippen molar-refractivity contribution < 1.29 is 30.0 Å². The summed E-state index contributed by atoms with van der Waals surface area (Å²) >= 11 is 0. The molecule has 0 aromatic carbocycles. The molecule has 0 aromatic heterocycles. The monoisotopic (exact) mass is 338 g/mol. The molecule has 0 saturated carbocycles. The second-order valence-electron chi connectivity index (χ2n) is 4.22. The van der Waals surface area contributed by atoms with Gasteiger partial charge >= 0.3 is 0 Å². The molecule has 0 aliphatic heterocycles. The maximum atomic E-state index is 9.29. The largest absolute Gasteiger partial charge is 0.481 e. The van der Waals surface area contributed by atoms with Gasteiger partial charge in [0.25, 0.3) is 11.9 Å². The van der Waals surface area contributed by atoms with Crippen LogP contribution in [0.4, 0.5) is 0 Å². The Labute approximate surface area is 143 Å². The quantitative estimate of drug-likeness (QED) is 0.569. The van der Waals surface area contributed by atoms with E-state index in [0.717, 1.165) is 20.3 Å². The number of carboxylic acids is 2. The third-order valence-corrected chi connectivity index (χ3v) is 1.79. The molecule has 0 rings (SSSR count). The molecule has 0 spiro atoms. The summed E-state index contributed by atoms with van der Waals surface area (Å²) in [5, 5.41) is 32.7. The van der Waals surface area contributed by atoms with Gasteiger partial charge < -0.3 is 20.4 Å². The van der Waals surface area contributed by atoms with E-state index < -0.39 is 18.0 Å². The number of hydrogen-bond acceptors (Lipinski definition) is 4. The molecule has 134 valence electrons. The summed E-state index contributed by atoms with van der Waals surface area (Å²) < 4.78 is 0. The SMILES string of the molecule is CC(=O)O.CC(=O)O.CC=CC#CC#CC=CCCC(O)CCO. The van der Waals surface area contributed by atoms with Crippen LogP contribution in [0.15, 0.2) is 24.3 Å². The summed E-state index contributed by atoms with van der Waals surface area (Å²) in [6.07, 6.45) is 8.66. The van der Waals surface area contributed by atoms with E-state index in [0.29, 0.717) is 12.8 Å². The number of hydrogen-bond donors (Lipinski definition) is 4. The highest BCUT2D eigenvalue weighted by molar-refractivity contribution is 5.63. The minimum absolute atomic E-state index is 0.0330. The van der Waals surface area contributed by atoms with Gasteiger partial charge in [-0.05, 0) is 50.2 Å². The molecule has 0 aliphatic carbocycles. The fourth-order valence-electron chi connectivity index (χ4n) is 0.963. The first kappa shape index (κ1) is 26.4. The number of carbonyl (C=O) groups is 2. The average molecular weight is 338 g/mol. The van der Waals surface area contributed by atoms with E-state index >= 15 is 0 Å². The van der Waals surface area contributed by atoms with Crippen molar-refractivity contribution in [3.63, 3.8) is 0 Å². The summed E-state index contributed by atoms with van der Waals surface area (Å²) in [6, 6.07) is 0. The molecule has 0 saturated heterocycles. The van der Waals surface area contributed by atoms with Gasteiger partial charge in [0.1, 0.15) is 0 Å². The Morgan fingerprint density at radius 2 is 1.46 bits per heavy atom. The van der Waals surface area contributed by atoms with Crippen molar-refractivity contribution in [2.45, 2.75) is 46.1 Å². The first-order chi connectivity index (χ1) is 11.3. The Morgan fingerprint density at radius 1 is 1.00 bits per heavy atom. The van der Waals surface area contributed by atoms with Crippen LogP contribution in [0.2, 0.25) is 0 Å². The Morgan fingerprint density at radius 3 is 1.88 bits per heavy atom. The van der Waals surface area contributed by atoms with Crippen molar-refractivity contribution in [2.24, 2.45) is 0 Å². The highest BCUT2D eigenvalue weighted by atomic mass is 16.4. The Balaban J connectivity index is -0.000000457. The van der Waals surface area contributed by atoms with Crippen molar-refractivity contribution in [2.75, 3.05) is 6.61 Å². The Hall–Kier alpha value is -2.54. The van der Waals surface area contributed by atoms with Gasteiger partial charge in [-0.25, -0.2) is 0 Å². The third-order valence-electron chi connectivity index (χ3n) is 1.79. The number of allylic oxidation sites excluding steroid dienone is 4. The molecule has 0 fully saturated rings. The normalized spacial score (nSPS) is 10.0. The van der Waals surface area contributed by atoms with Gasteiger partial charge in [-0.1, -0.05) is 24.0 Å². The van der Waals surface area contributed by atoms with E-state index in [1.807, 2.05) is 19.1 Å². The molecule has 4 N–H and O–H groups in total. The van der Waals surface area contributed by atoms with Crippen molar-refractivity contribution in [1.82, 2.24) is 0 Å². The summed E-state index contributed by atoms with van der Waals surface area (Å²) in [5.41, 5.74) is 0. The van der Waals surface area contributed by atoms with Crippen LogP contribution in [0, 0.1) is 23.7 Å². The van der Waals surface area contributed by atoms with Crippen molar-refractivity contribution in [1.29, 1.82) is 0 Å². The van der Waals surface area contributed by atoms with Crippen LogP contribution >= 0.6 is 0 Å². The first-order valence-corrected chi connectivity index (χ1v) is 7.23. The molecule has 6 nitrogen and oxygen atoms in total. The lowest BCUT2D eigenvalue weighted by Crippen LogP contribution is -2.07. The van der Waals surface area contributed by atoms with Crippen LogP contribution in [0.1, 0.15) is 40.0 Å². The van der Waals surface area contributed by atoms with Gasteiger partial charge in [0.15, 0.2) is 0 Å². The fraction of sp³-hybridized carbons (Fsp3) is 0.444. The van der Waals surface area contributed by atoms with E-state index in [1.165, 1.54) is 0 Å². The zero-order chi connectivity index (χ0) is 19.2. The molecule has 1 unspecified atom stereocenters. The summed E-state index contributed by atoms with van der Waals surface area (Å²) in [4.78, 5) is 18.0. The maximum Gasteiger partial charge on any atom is 0.300 e. The number of carboxylic acid groups (broad SMARTS) is 2. The van der Waals surface area contributed by atoms with E-state index in [4.69, 9.17) is 24.9 Å².